The zero-order valence-corrected chi connectivity index (χ0v) is 18.3. The van der Waals surface area contributed by atoms with Gasteiger partial charge in [-0.3, -0.25) is 4.98 Å². The Labute approximate surface area is 189 Å². The number of fused-ring (bicyclic) bond motifs is 3. The van der Waals surface area contributed by atoms with Crippen molar-refractivity contribution in [2.75, 3.05) is 13.2 Å². The average molecular weight is 483 g/mol. The van der Waals surface area contributed by atoms with Gasteiger partial charge in [0, 0.05) is 23.1 Å². The molecule has 1 aliphatic rings. The molecule has 160 valence electrons. The monoisotopic (exact) mass is 482 g/mol. The van der Waals surface area contributed by atoms with Crippen LogP contribution in [0.1, 0.15) is 35.3 Å². The van der Waals surface area contributed by atoms with Gasteiger partial charge in [-0.1, -0.05) is 48.5 Å². The number of halogens is 1. The van der Waals surface area contributed by atoms with Crippen molar-refractivity contribution in [2.24, 2.45) is 0 Å². The molecule has 0 saturated heterocycles. The van der Waals surface area contributed by atoms with Crippen LogP contribution < -0.4 is 5.32 Å². The second-order valence-electron chi connectivity index (χ2n) is 7.45. The van der Waals surface area contributed by atoms with Crippen molar-refractivity contribution in [3.63, 3.8) is 0 Å². The molecule has 1 heterocycles. The molecule has 1 amide bonds. The fourth-order valence-corrected chi connectivity index (χ4v) is 4.12. The highest BCUT2D eigenvalue weighted by Gasteiger charge is 2.29. The number of ether oxygens (including phenoxy) is 1. The van der Waals surface area contributed by atoms with Gasteiger partial charge in [0.1, 0.15) is 12.7 Å². The first-order valence-electron chi connectivity index (χ1n) is 10.1. The molecule has 3 N–H and O–H groups in total. The number of aromatic nitrogens is 1. The Bertz CT molecular complexity index is 1010. The summed E-state index contributed by atoms with van der Waals surface area (Å²) >= 11 is 3.28. The Morgan fingerprint density at radius 2 is 1.68 bits per heavy atom. The lowest BCUT2D eigenvalue weighted by Crippen LogP contribution is -2.30. The molecule has 0 fully saturated rings. The fourth-order valence-electron chi connectivity index (χ4n) is 3.89. The first kappa shape index (κ1) is 21.5. The molecule has 2 aromatic carbocycles. The number of alkyl carbamates (subject to hydrolysis) is 1. The van der Waals surface area contributed by atoms with Crippen LogP contribution in [0.25, 0.3) is 11.1 Å². The molecule has 2 atom stereocenters. The lowest BCUT2D eigenvalue weighted by atomic mass is 9.98. The smallest absolute Gasteiger partial charge is 0.407 e. The Balaban J connectivity index is 1.28. The molecule has 0 bridgehead atoms. The summed E-state index contributed by atoms with van der Waals surface area (Å²) in [5.41, 5.74) is 5.02. The van der Waals surface area contributed by atoms with Crippen LogP contribution in [0.5, 0.6) is 0 Å². The Morgan fingerprint density at radius 1 is 1.03 bits per heavy atom. The standard InChI is InChI=1S/C24H23BrN2O4/c25-15-9-10-21(27-13-15)23(29)22(28)11-12-26-24(30)31-14-20-18-7-3-1-5-16(18)17-6-2-4-8-19(17)20/h1-10,13,20,22-23,28-29H,11-12,14H2,(H,26,30). The van der Waals surface area contributed by atoms with E-state index in [1.165, 1.54) is 11.1 Å². The van der Waals surface area contributed by atoms with E-state index in [2.05, 4.69) is 50.5 Å². The van der Waals surface area contributed by atoms with Gasteiger partial charge >= 0.3 is 6.09 Å². The molecule has 1 aromatic heterocycles. The minimum absolute atomic E-state index is 0.00552. The molecule has 3 aromatic rings. The van der Waals surface area contributed by atoms with Crippen LogP contribution in [0.3, 0.4) is 0 Å². The van der Waals surface area contributed by atoms with Gasteiger partial charge in [-0.25, -0.2) is 4.79 Å². The van der Waals surface area contributed by atoms with Crippen LogP contribution in [-0.4, -0.2) is 40.5 Å². The quantitative estimate of drug-likeness (QED) is 0.470. The maximum atomic E-state index is 12.2. The summed E-state index contributed by atoms with van der Waals surface area (Å²) in [6.07, 6.45) is -1.01. The molecule has 6 nitrogen and oxygen atoms in total. The number of hydrogen-bond acceptors (Lipinski definition) is 5. The van der Waals surface area contributed by atoms with E-state index < -0.39 is 18.3 Å². The number of carbonyl (C=O) groups excluding carboxylic acids is 1. The zero-order valence-electron chi connectivity index (χ0n) is 16.7. The number of benzene rings is 2. The number of carbonyl (C=O) groups is 1. The van der Waals surface area contributed by atoms with Gasteiger partial charge in [-0.15, -0.1) is 0 Å². The van der Waals surface area contributed by atoms with Crippen LogP contribution in [0, 0.1) is 0 Å². The third-order valence-electron chi connectivity index (χ3n) is 5.47. The van der Waals surface area contributed by atoms with Crippen molar-refractivity contribution in [1.82, 2.24) is 10.3 Å². The predicted molar refractivity (Wildman–Crippen MR) is 121 cm³/mol. The van der Waals surface area contributed by atoms with Crippen LogP contribution in [0.2, 0.25) is 0 Å². The number of hydrogen-bond donors (Lipinski definition) is 3. The summed E-state index contributed by atoms with van der Waals surface area (Å²) < 4.78 is 6.25. The molecule has 0 spiro atoms. The second-order valence-corrected chi connectivity index (χ2v) is 8.37. The number of aliphatic hydroxyl groups is 2. The number of nitrogens with zero attached hydrogens (tertiary/aromatic N) is 1. The molecular formula is C24H23BrN2O4. The fraction of sp³-hybridized carbons (Fsp3) is 0.250. The van der Waals surface area contributed by atoms with E-state index >= 15 is 0 Å². The van der Waals surface area contributed by atoms with Gasteiger partial charge in [0.2, 0.25) is 0 Å². The molecule has 7 heteroatoms. The van der Waals surface area contributed by atoms with Crippen molar-refractivity contribution < 1.29 is 19.7 Å². The molecule has 0 aliphatic heterocycles. The SMILES string of the molecule is O=C(NCCC(O)C(O)c1ccc(Br)cn1)OCC1c2ccccc2-c2ccccc21. The molecular weight excluding hydrogens is 460 g/mol. The lowest BCUT2D eigenvalue weighted by Gasteiger charge is -2.18. The van der Waals surface area contributed by atoms with Crippen LogP contribution in [0.15, 0.2) is 71.3 Å². The Morgan fingerprint density at radius 3 is 2.29 bits per heavy atom. The van der Waals surface area contributed by atoms with E-state index in [1.807, 2.05) is 24.3 Å². The number of amides is 1. The first-order valence-corrected chi connectivity index (χ1v) is 10.9. The Kier molecular flexibility index (Phi) is 6.65. The molecule has 31 heavy (non-hydrogen) atoms. The molecule has 4 rings (SSSR count). The van der Waals surface area contributed by atoms with Gasteiger partial charge in [-0.2, -0.15) is 0 Å². The zero-order chi connectivity index (χ0) is 21.8. The van der Waals surface area contributed by atoms with Gasteiger partial charge in [-0.05, 0) is 56.7 Å². The Hall–Kier alpha value is -2.74. The third-order valence-corrected chi connectivity index (χ3v) is 5.94. The minimum Gasteiger partial charge on any atom is -0.449 e. The highest BCUT2D eigenvalue weighted by Crippen LogP contribution is 2.44. The number of aliphatic hydroxyl groups excluding tert-OH is 2. The van der Waals surface area contributed by atoms with Crippen molar-refractivity contribution >= 4 is 22.0 Å². The third kappa shape index (κ3) is 4.79. The van der Waals surface area contributed by atoms with E-state index in [0.717, 1.165) is 15.6 Å². The number of nitrogens with one attached hydrogen (secondary N) is 1. The van der Waals surface area contributed by atoms with Crippen molar-refractivity contribution in [3.8, 4) is 11.1 Å². The normalized spacial score (nSPS) is 14.4. The minimum atomic E-state index is -1.13. The highest BCUT2D eigenvalue weighted by atomic mass is 79.9. The lowest BCUT2D eigenvalue weighted by molar-refractivity contribution is 0.0112. The summed E-state index contributed by atoms with van der Waals surface area (Å²) in [5.74, 6) is -0.00552. The largest absolute Gasteiger partial charge is 0.449 e. The molecule has 0 saturated carbocycles. The summed E-state index contributed by atoms with van der Waals surface area (Å²) in [6.45, 7) is 0.402. The van der Waals surface area contributed by atoms with Crippen molar-refractivity contribution in [2.45, 2.75) is 24.5 Å². The number of pyridine rings is 1. The topological polar surface area (TPSA) is 91.7 Å². The molecule has 1 aliphatic carbocycles. The van der Waals surface area contributed by atoms with Gasteiger partial charge in [0.05, 0.1) is 11.8 Å². The van der Waals surface area contributed by atoms with Gasteiger partial charge in [0.25, 0.3) is 0 Å². The second kappa shape index (κ2) is 9.60. The van der Waals surface area contributed by atoms with Gasteiger partial charge in [0.15, 0.2) is 0 Å². The van der Waals surface area contributed by atoms with Gasteiger partial charge < -0.3 is 20.3 Å². The highest BCUT2D eigenvalue weighted by molar-refractivity contribution is 9.10. The van der Waals surface area contributed by atoms with Crippen molar-refractivity contribution in [1.29, 1.82) is 0 Å². The average Bonchev–Trinajstić information content (AvgIpc) is 3.11. The van der Waals surface area contributed by atoms with E-state index in [0.29, 0.717) is 5.69 Å². The predicted octanol–water partition coefficient (Wildman–Crippen LogP) is 4.17. The van der Waals surface area contributed by atoms with E-state index in [1.54, 1.807) is 18.3 Å². The van der Waals surface area contributed by atoms with Crippen molar-refractivity contribution in [3.05, 3.63) is 88.2 Å². The van der Waals surface area contributed by atoms with E-state index in [-0.39, 0.29) is 25.5 Å². The van der Waals surface area contributed by atoms with Crippen LogP contribution in [-0.2, 0) is 4.74 Å². The maximum Gasteiger partial charge on any atom is 0.407 e. The maximum absolute atomic E-state index is 12.2. The van der Waals surface area contributed by atoms with E-state index in [9.17, 15) is 15.0 Å². The molecule has 0 radical (unpaired) electrons. The summed E-state index contributed by atoms with van der Waals surface area (Å²) in [7, 11) is 0. The van der Waals surface area contributed by atoms with Crippen LogP contribution >= 0.6 is 15.9 Å². The van der Waals surface area contributed by atoms with Crippen LogP contribution in [0.4, 0.5) is 4.79 Å². The first-order chi connectivity index (χ1) is 15.0. The summed E-state index contributed by atoms with van der Waals surface area (Å²) in [6, 6.07) is 19.7. The van der Waals surface area contributed by atoms with E-state index in [4.69, 9.17) is 4.74 Å². The number of rotatable bonds is 7. The summed E-state index contributed by atoms with van der Waals surface area (Å²) in [4.78, 5) is 16.3. The summed E-state index contributed by atoms with van der Waals surface area (Å²) in [5, 5.41) is 23.0. The molecule has 2 unspecified atom stereocenters.